The van der Waals surface area contributed by atoms with Crippen molar-refractivity contribution in [3.8, 4) is 5.75 Å². The minimum Gasteiger partial charge on any atom is -0.486 e. The van der Waals surface area contributed by atoms with Crippen LogP contribution in [0.5, 0.6) is 5.75 Å². The lowest BCUT2D eigenvalue weighted by molar-refractivity contribution is -0.116. The second kappa shape index (κ2) is 10.9. The molecule has 0 saturated heterocycles. The average Bonchev–Trinajstić information content (AvgIpc) is 3.28. The number of carbonyl (C=O) groups excluding carboxylic acids is 3. The highest BCUT2D eigenvalue weighted by molar-refractivity contribution is 5.95. The van der Waals surface area contributed by atoms with Gasteiger partial charge >= 0.3 is 0 Å². The number of furan rings is 1. The summed E-state index contributed by atoms with van der Waals surface area (Å²) in [6, 6.07) is 15.0. The van der Waals surface area contributed by atoms with Crippen molar-refractivity contribution in [1.29, 1.82) is 0 Å². The Kier molecular flexibility index (Phi) is 7.80. The van der Waals surface area contributed by atoms with Gasteiger partial charge in [0, 0.05) is 30.8 Å². The topological polar surface area (TPSA) is 115 Å². The number of amides is 3. The van der Waals surface area contributed by atoms with Gasteiger partial charge in [-0.3, -0.25) is 14.4 Å². The summed E-state index contributed by atoms with van der Waals surface area (Å²) >= 11 is 0. The van der Waals surface area contributed by atoms with Gasteiger partial charge in [0.05, 0.1) is 0 Å². The number of rotatable bonds is 10. The average molecular weight is 453 g/mol. The second-order valence-corrected chi connectivity index (χ2v) is 7.13. The molecule has 3 aromatic rings. The van der Waals surface area contributed by atoms with Gasteiger partial charge in [0.15, 0.2) is 5.76 Å². The maximum absolute atomic E-state index is 13.0. The van der Waals surface area contributed by atoms with Gasteiger partial charge in [-0.2, -0.15) is 0 Å². The summed E-state index contributed by atoms with van der Waals surface area (Å²) in [5.41, 5.74) is 6.07. The highest BCUT2D eigenvalue weighted by atomic mass is 19.1. The lowest BCUT2D eigenvalue weighted by Gasteiger charge is -2.19. The van der Waals surface area contributed by atoms with Crippen LogP contribution >= 0.6 is 0 Å². The van der Waals surface area contributed by atoms with Crippen molar-refractivity contribution in [1.82, 2.24) is 4.90 Å². The number of ether oxygens (including phenoxy) is 1. The zero-order valence-corrected chi connectivity index (χ0v) is 18.0. The van der Waals surface area contributed by atoms with Crippen molar-refractivity contribution >= 4 is 23.4 Å². The first kappa shape index (κ1) is 23.5. The van der Waals surface area contributed by atoms with Crippen molar-refractivity contribution < 1.29 is 27.9 Å². The molecule has 0 aliphatic carbocycles. The molecule has 2 aromatic carbocycles. The molecule has 3 rings (SSSR count). The van der Waals surface area contributed by atoms with E-state index >= 15 is 0 Å². The van der Waals surface area contributed by atoms with Crippen LogP contribution in [0.4, 0.5) is 10.1 Å². The molecule has 8 nitrogen and oxygen atoms in total. The third-order valence-corrected chi connectivity index (χ3v) is 4.80. The maximum Gasteiger partial charge on any atom is 0.289 e. The van der Waals surface area contributed by atoms with Crippen molar-refractivity contribution in [2.24, 2.45) is 5.73 Å². The summed E-state index contributed by atoms with van der Waals surface area (Å²) in [5.74, 6) is -0.472. The molecule has 3 N–H and O–H groups in total. The van der Waals surface area contributed by atoms with Gasteiger partial charge in [-0.15, -0.1) is 0 Å². The van der Waals surface area contributed by atoms with Gasteiger partial charge in [-0.1, -0.05) is 0 Å². The van der Waals surface area contributed by atoms with Crippen LogP contribution in [0, 0.1) is 5.82 Å². The summed E-state index contributed by atoms with van der Waals surface area (Å²) in [6.45, 7) is 2.48. The Labute approximate surface area is 190 Å². The van der Waals surface area contributed by atoms with E-state index < -0.39 is 5.91 Å². The van der Waals surface area contributed by atoms with Crippen LogP contribution in [-0.4, -0.2) is 35.7 Å². The van der Waals surface area contributed by atoms with Gasteiger partial charge in [0.1, 0.15) is 23.9 Å². The number of nitrogens with two attached hydrogens (primary N) is 1. The molecular weight excluding hydrogens is 429 g/mol. The Morgan fingerprint density at radius 3 is 2.36 bits per heavy atom. The standard InChI is InChI=1S/C24H24FN3O5/c1-2-28(14-13-22(29)27-18-7-3-16(4-8-18)23(26)30)24(31)21-12-11-20(33-21)15-32-19-9-5-17(25)6-10-19/h3-12H,2,13-15H2,1H3,(H2,26,30)(H,27,29). The molecule has 33 heavy (non-hydrogen) atoms. The van der Waals surface area contributed by atoms with E-state index in [2.05, 4.69) is 5.32 Å². The SMILES string of the molecule is CCN(CCC(=O)Nc1ccc(C(N)=O)cc1)C(=O)c1ccc(COc2ccc(F)cc2)o1. The van der Waals surface area contributed by atoms with Crippen LogP contribution in [0.15, 0.2) is 65.1 Å². The number of hydrogen-bond acceptors (Lipinski definition) is 5. The molecule has 0 spiro atoms. The number of primary amides is 1. The first-order valence-corrected chi connectivity index (χ1v) is 10.3. The van der Waals surface area contributed by atoms with Crippen molar-refractivity contribution in [3.05, 3.63) is 83.6 Å². The van der Waals surface area contributed by atoms with E-state index in [-0.39, 0.29) is 43.0 Å². The zero-order chi connectivity index (χ0) is 23.8. The first-order chi connectivity index (χ1) is 15.9. The number of hydrogen-bond donors (Lipinski definition) is 2. The molecule has 0 saturated carbocycles. The lowest BCUT2D eigenvalue weighted by Crippen LogP contribution is -2.33. The van der Waals surface area contributed by atoms with E-state index in [1.165, 1.54) is 41.3 Å². The number of anilines is 1. The molecule has 9 heteroatoms. The lowest BCUT2D eigenvalue weighted by atomic mass is 10.2. The number of nitrogens with zero attached hydrogens (tertiary/aromatic N) is 1. The molecule has 172 valence electrons. The van der Waals surface area contributed by atoms with Crippen LogP contribution < -0.4 is 15.8 Å². The molecule has 0 fully saturated rings. The molecule has 1 heterocycles. The molecular formula is C24H24FN3O5. The predicted octanol–water partition coefficient (Wildman–Crippen LogP) is 3.59. The highest BCUT2D eigenvalue weighted by Gasteiger charge is 2.19. The summed E-state index contributed by atoms with van der Waals surface area (Å²) in [6.07, 6.45) is 0.0817. The molecule has 3 amide bonds. The maximum atomic E-state index is 13.0. The van der Waals surface area contributed by atoms with Gasteiger partial charge in [0.25, 0.3) is 5.91 Å². The normalized spacial score (nSPS) is 10.5. The van der Waals surface area contributed by atoms with E-state index in [1.54, 1.807) is 31.2 Å². The van der Waals surface area contributed by atoms with E-state index in [1.807, 2.05) is 0 Å². The van der Waals surface area contributed by atoms with Crippen molar-refractivity contribution in [2.75, 3.05) is 18.4 Å². The molecule has 0 radical (unpaired) electrons. The zero-order valence-electron chi connectivity index (χ0n) is 18.0. The Hall–Kier alpha value is -4.14. The third kappa shape index (κ3) is 6.67. The van der Waals surface area contributed by atoms with Gasteiger partial charge < -0.3 is 25.1 Å². The summed E-state index contributed by atoms with van der Waals surface area (Å²) < 4.78 is 24.1. The van der Waals surface area contributed by atoms with Crippen LogP contribution in [-0.2, 0) is 11.4 Å². The highest BCUT2D eigenvalue weighted by Crippen LogP contribution is 2.16. The van der Waals surface area contributed by atoms with Gasteiger partial charge in [0.2, 0.25) is 11.8 Å². The molecule has 1 aromatic heterocycles. The smallest absolute Gasteiger partial charge is 0.289 e. The van der Waals surface area contributed by atoms with Crippen molar-refractivity contribution in [3.63, 3.8) is 0 Å². The fraction of sp³-hybridized carbons (Fsp3) is 0.208. The summed E-state index contributed by atoms with van der Waals surface area (Å²) in [7, 11) is 0. The minimum atomic E-state index is -0.548. The second-order valence-electron chi connectivity index (χ2n) is 7.13. The summed E-state index contributed by atoms with van der Waals surface area (Å²) in [4.78, 5) is 37.6. The molecule has 0 unspecified atom stereocenters. The van der Waals surface area contributed by atoms with Gasteiger partial charge in [-0.25, -0.2) is 4.39 Å². The number of halogens is 1. The van der Waals surface area contributed by atoms with Crippen LogP contribution in [0.2, 0.25) is 0 Å². The Morgan fingerprint density at radius 2 is 1.73 bits per heavy atom. The van der Waals surface area contributed by atoms with Crippen molar-refractivity contribution in [2.45, 2.75) is 20.0 Å². The third-order valence-electron chi connectivity index (χ3n) is 4.80. The van der Waals surface area contributed by atoms with Crippen LogP contribution in [0.1, 0.15) is 40.0 Å². The van der Waals surface area contributed by atoms with Gasteiger partial charge in [-0.05, 0) is 67.6 Å². The Balaban J connectivity index is 1.50. The minimum absolute atomic E-state index is 0.0817. The molecule has 0 bridgehead atoms. The molecule has 0 aliphatic rings. The predicted molar refractivity (Wildman–Crippen MR) is 119 cm³/mol. The van der Waals surface area contributed by atoms with E-state index in [4.69, 9.17) is 14.9 Å². The number of carbonyl (C=O) groups is 3. The van der Waals surface area contributed by atoms with E-state index in [0.29, 0.717) is 29.3 Å². The Bertz CT molecular complexity index is 1110. The fourth-order valence-corrected chi connectivity index (χ4v) is 2.99. The molecule has 0 aliphatic heterocycles. The quantitative estimate of drug-likeness (QED) is 0.487. The number of nitrogens with one attached hydrogen (secondary N) is 1. The largest absolute Gasteiger partial charge is 0.486 e. The first-order valence-electron chi connectivity index (χ1n) is 10.3. The number of benzene rings is 2. The molecule has 0 atom stereocenters. The van der Waals surface area contributed by atoms with Crippen LogP contribution in [0.25, 0.3) is 0 Å². The monoisotopic (exact) mass is 453 g/mol. The fourth-order valence-electron chi connectivity index (χ4n) is 2.99. The van der Waals surface area contributed by atoms with Crippen LogP contribution in [0.3, 0.4) is 0 Å². The van der Waals surface area contributed by atoms with E-state index in [9.17, 15) is 18.8 Å². The van der Waals surface area contributed by atoms with E-state index in [0.717, 1.165) is 0 Å². The summed E-state index contributed by atoms with van der Waals surface area (Å²) in [5, 5.41) is 2.71. The Morgan fingerprint density at radius 1 is 1.03 bits per heavy atom.